The third-order valence-electron chi connectivity index (χ3n) is 3.56. The Hall–Kier alpha value is 1.62. The summed E-state index contributed by atoms with van der Waals surface area (Å²) in [5.41, 5.74) is 1.61. The summed E-state index contributed by atoms with van der Waals surface area (Å²) < 4.78 is 0. The van der Waals surface area contributed by atoms with Gasteiger partial charge in [0, 0.05) is 31.9 Å². The van der Waals surface area contributed by atoms with E-state index in [1.807, 2.05) is 0 Å². The summed E-state index contributed by atoms with van der Waals surface area (Å²) in [5, 5.41) is 6.71. The third-order valence-corrected chi connectivity index (χ3v) is 15.5. The molecule has 0 bridgehead atoms. The fraction of sp³-hybridized carbons (Fsp3) is 0.800. The largest absolute Gasteiger partial charge is 0.0850 e. The van der Waals surface area contributed by atoms with Crippen LogP contribution in [0.15, 0.2) is 0 Å². The van der Waals surface area contributed by atoms with Crippen molar-refractivity contribution >= 4 is 55.5 Å². The molecule has 0 spiro atoms. The molecule has 0 unspecified atom stereocenters. The second-order valence-corrected chi connectivity index (χ2v) is 18.1. The first kappa shape index (κ1) is 27.6. The molecule has 0 aliphatic carbocycles. The molecule has 0 atom stereocenters. The second kappa shape index (κ2) is 9.62. The van der Waals surface area contributed by atoms with Gasteiger partial charge in [-0.1, -0.05) is 116 Å². The van der Waals surface area contributed by atoms with Crippen LogP contribution in [0.25, 0.3) is 0 Å². The van der Waals surface area contributed by atoms with Crippen LogP contribution in [-0.2, 0) is 16.8 Å². The monoisotopic (exact) mass is 490 g/mol. The summed E-state index contributed by atoms with van der Waals surface area (Å²) in [6.07, 6.45) is 0. The Morgan fingerprint density at radius 1 is 0.423 bits per heavy atom. The van der Waals surface area contributed by atoms with Crippen LogP contribution < -0.4 is 0 Å². The molecule has 0 fully saturated rings. The predicted molar refractivity (Wildman–Crippen MR) is 131 cm³/mol. The molecular formula is C20H36CoP5. The first-order chi connectivity index (χ1) is 10.9. The zero-order valence-electron chi connectivity index (χ0n) is 18.6. The van der Waals surface area contributed by atoms with Gasteiger partial charge in [-0.25, -0.2) is 0 Å². The predicted octanol–water partition coefficient (Wildman–Crippen LogP) is 9.71. The molecule has 0 amide bonds. The Bertz CT molecular complexity index is 581. The van der Waals surface area contributed by atoms with E-state index in [-0.39, 0.29) is 16.8 Å². The maximum absolute atomic E-state index is 2.32. The Balaban J connectivity index is 0.000000464. The van der Waals surface area contributed by atoms with E-state index < -0.39 is 0 Å². The van der Waals surface area contributed by atoms with Gasteiger partial charge in [0.15, 0.2) is 0 Å². The van der Waals surface area contributed by atoms with E-state index in [2.05, 4.69) is 83.1 Å². The van der Waals surface area contributed by atoms with Crippen LogP contribution in [0.2, 0.25) is 0 Å². The zero-order valence-corrected chi connectivity index (χ0v) is 24.1. The van der Waals surface area contributed by atoms with Gasteiger partial charge < -0.3 is 0 Å². The van der Waals surface area contributed by atoms with Gasteiger partial charge in [-0.3, -0.25) is 0 Å². The van der Waals surface area contributed by atoms with E-state index >= 15 is 0 Å². The normalized spacial score (nSPS) is 21.2. The molecule has 0 saturated heterocycles. The molecule has 2 aliphatic rings. The number of hydrogen-bond acceptors (Lipinski definition) is 0. The smallest absolute Gasteiger partial charge is 0.0761 e. The van der Waals surface area contributed by atoms with Gasteiger partial charge in [0.2, 0.25) is 0 Å². The third kappa shape index (κ3) is 8.55. The first-order valence-electron chi connectivity index (χ1n) is 8.99. The summed E-state index contributed by atoms with van der Waals surface area (Å²) >= 11 is 0. The first-order valence-corrected chi connectivity index (χ1v) is 14.2. The maximum atomic E-state index is 2.32. The summed E-state index contributed by atoms with van der Waals surface area (Å²) in [4.78, 5) is 0. The molecule has 2 heterocycles. The Morgan fingerprint density at radius 3 is 0.962 bits per heavy atom. The molecule has 0 aromatic rings. The van der Waals surface area contributed by atoms with Crippen molar-refractivity contribution in [1.29, 1.82) is 0 Å². The molecule has 0 N–H and O–H groups in total. The molecule has 150 valence electrons. The van der Waals surface area contributed by atoms with Gasteiger partial charge in [-0.2, -0.15) is 0 Å². The summed E-state index contributed by atoms with van der Waals surface area (Å²) in [6.45, 7) is 27.8. The van der Waals surface area contributed by atoms with Crippen LogP contribution in [0.5, 0.6) is 0 Å². The Morgan fingerprint density at radius 2 is 0.769 bits per heavy atom. The van der Waals surface area contributed by atoms with Crippen LogP contribution in [-0.4, -0.2) is 15.1 Å². The molecular weight excluding hydrogens is 454 g/mol. The molecule has 0 aromatic carbocycles. The van der Waals surface area contributed by atoms with E-state index in [0.717, 1.165) is 0 Å². The number of hydrogen-bond donors (Lipinski definition) is 0. The van der Waals surface area contributed by atoms with Gasteiger partial charge in [-0.15, -0.1) is 0 Å². The van der Waals surface area contributed by atoms with Crippen LogP contribution >= 0.6 is 40.3 Å². The van der Waals surface area contributed by atoms with Crippen molar-refractivity contribution in [1.82, 2.24) is 0 Å². The molecule has 0 nitrogen and oxygen atoms in total. The van der Waals surface area contributed by atoms with E-state index in [1.165, 1.54) is 40.3 Å². The van der Waals surface area contributed by atoms with Crippen molar-refractivity contribution in [3.8, 4) is 0 Å². The van der Waals surface area contributed by atoms with Gasteiger partial charge in [0.1, 0.15) is 0 Å². The number of rotatable bonds is 0. The standard InChI is InChI=1S/C10H18P3.C10H18P2.Co/c1-9(2,3)7-11-8(13-12-7)10(4,5)6;1-9(2,3)7-11-8(12-7)10(4,5)6;/h1-6H3;1-6H3;. The van der Waals surface area contributed by atoms with Crippen molar-refractivity contribution in [2.45, 2.75) is 83.1 Å². The van der Waals surface area contributed by atoms with Gasteiger partial charge in [0.25, 0.3) is 0 Å². The van der Waals surface area contributed by atoms with Crippen LogP contribution in [0.1, 0.15) is 83.1 Å². The van der Waals surface area contributed by atoms with E-state index in [9.17, 15) is 0 Å². The maximum Gasteiger partial charge on any atom is 0.0850 e. The zero-order chi connectivity index (χ0) is 19.8. The van der Waals surface area contributed by atoms with Crippen molar-refractivity contribution in [3.05, 3.63) is 5.40 Å². The van der Waals surface area contributed by atoms with Crippen molar-refractivity contribution in [3.63, 3.8) is 0 Å². The van der Waals surface area contributed by atoms with Gasteiger partial charge >= 0.3 is 0 Å². The summed E-state index contributed by atoms with van der Waals surface area (Å²) in [6, 6.07) is 0. The molecule has 0 saturated carbocycles. The Labute approximate surface area is 181 Å². The molecule has 26 heavy (non-hydrogen) atoms. The quantitative estimate of drug-likeness (QED) is 0.297. The minimum atomic E-state index is 0. The van der Waals surface area contributed by atoms with E-state index in [0.29, 0.717) is 21.7 Å². The van der Waals surface area contributed by atoms with Crippen molar-refractivity contribution in [2.24, 2.45) is 21.7 Å². The van der Waals surface area contributed by atoms with Gasteiger partial charge in [0.05, 0.1) is 5.40 Å². The van der Waals surface area contributed by atoms with E-state index in [4.69, 9.17) is 0 Å². The fourth-order valence-electron chi connectivity index (χ4n) is 1.75. The van der Waals surface area contributed by atoms with Crippen LogP contribution in [0.3, 0.4) is 0 Å². The molecule has 6 heteroatoms. The fourth-order valence-corrected chi connectivity index (χ4v) is 11.2. The molecule has 2 aliphatic heterocycles. The summed E-state index contributed by atoms with van der Waals surface area (Å²) in [7, 11) is 7.62. The topological polar surface area (TPSA) is 0 Å². The average molecular weight is 490 g/mol. The molecule has 2 rings (SSSR count). The van der Waals surface area contributed by atoms with Gasteiger partial charge in [-0.05, 0) is 29.5 Å². The minimum absolute atomic E-state index is 0. The Kier molecular flexibility index (Phi) is 10.2. The second-order valence-electron chi connectivity index (χ2n) is 10.8. The molecule has 2 radical (unpaired) electrons. The molecule has 0 aromatic heterocycles. The van der Waals surface area contributed by atoms with Crippen LogP contribution in [0.4, 0.5) is 0 Å². The van der Waals surface area contributed by atoms with E-state index in [1.54, 1.807) is 20.5 Å². The minimum Gasteiger partial charge on any atom is -0.0761 e. The summed E-state index contributed by atoms with van der Waals surface area (Å²) in [5.74, 6) is 0. The average Bonchev–Trinajstić information content (AvgIpc) is 2.69. The SMILES string of the molecule is CC(C)(C)C1=PC(C(C)(C)C)=P1.CC(C)(C)[C]1P=PC(C(C)(C)C)=P1.[Co]. The van der Waals surface area contributed by atoms with Crippen LogP contribution in [0, 0.1) is 27.1 Å². The van der Waals surface area contributed by atoms with Crippen molar-refractivity contribution in [2.75, 3.05) is 0 Å². The van der Waals surface area contributed by atoms with Crippen molar-refractivity contribution < 1.29 is 16.8 Å².